The molecule has 2 aromatic carbocycles. The van der Waals surface area contributed by atoms with Crippen LogP contribution in [0.25, 0.3) is 11.0 Å². The van der Waals surface area contributed by atoms with Crippen molar-refractivity contribution >= 4 is 22.6 Å². The zero-order valence-electron chi connectivity index (χ0n) is 12.4. The molecule has 1 aromatic heterocycles. The van der Waals surface area contributed by atoms with Gasteiger partial charge in [-0.25, -0.2) is 13.8 Å². The number of aromatic nitrogens is 2. The number of alkyl halides is 3. The van der Waals surface area contributed by atoms with Gasteiger partial charge in [0.1, 0.15) is 18.2 Å². The summed E-state index contributed by atoms with van der Waals surface area (Å²) in [7, 11) is 0. The molecule has 130 valence electrons. The highest BCUT2D eigenvalue weighted by Gasteiger charge is 2.38. The second-order valence-corrected chi connectivity index (χ2v) is 5.18. The van der Waals surface area contributed by atoms with E-state index in [1.807, 2.05) is 0 Å². The predicted octanol–water partition coefficient (Wildman–Crippen LogP) is 3.97. The first-order valence-electron chi connectivity index (χ1n) is 7.03. The summed E-state index contributed by atoms with van der Waals surface area (Å²) in [4.78, 5) is 15.5. The van der Waals surface area contributed by atoms with Crippen molar-refractivity contribution in [2.45, 2.75) is 12.7 Å². The van der Waals surface area contributed by atoms with Crippen LogP contribution in [0, 0.1) is 11.6 Å². The minimum Gasteiger partial charge on any atom is -0.322 e. The molecule has 0 spiro atoms. The zero-order valence-corrected chi connectivity index (χ0v) is 12.4. The summed E-state index contributed by atoms with van der Waals surface area (Å²) in [5.74, 6) is -3.89. The van der Waals surface area contributed by atoms with Crippen molar-refractivity contribution in [3.05, 3.63) is 59.9 Å². The summed E-state index contributed by atoms with van der Waals surface area (Å²) in [5, 5.41) is 2.06. The maximum Gasteiger partial charge on any atom is 0.449 e. The molecular weight excluding hydrogens is 345 g/mol. The van der Waals surface area contributed by atoms with E-state index in [2.05, 4.69) is 10.3 Å². The highest BCUT2D eigenvalue weighted by Crippen LogP contribution is 2.31. The monoisotopic (exact) mass is 355 g/mol. The number of rotatable bonds is 3. The minimum absolute atomic E-state index is 0.0690. The number of imidazole rings is 1. The first-order chi connectivity index (χ1) is 11.8. The van der Waals surface area contributed by atoms with Crippen LogP contribution in [0.2, 0.25) is 0 Å². The maximum absolute atomic E-state index is 13.5. The van der Waals surface area contributed by atoms with Gasteiger partial charge in [-0.1, -0.05) is 12.1 Å². The van der Waals surface area contributed by atoms with Gasteiger partial charge in [-0.15, -0.1) is 0 Å². The number of nitrogens with one attached hydrogen (secondary N) is 1. The van der Waals surface area contributed by atoms with Gasteiger partial charge >= 0.3 is 6.18 Å². The quantitative estimate of drug-likeness (QED) is 0.723. The maximum atomic E-state index is 13.5. The Balaban J connectivity index is 1.94. The lowest BCUT2D eigenvalue weighted by atomic mass is 10.3. The highest BCUT2D eigenvalue weighted by molar-refractivity contribution is 5.91. The lowest BCUT2D eigenvalue weighted by Gasteiger charge is -2.12. The van der Waals surface area contributed by atoms with Gasteiger partial charge < -0.3 is 9.88 Å². The average Bonchev–Trinajstić information content (AvgIpc) is 2.90. The van der Waals surface area contributed by atoms with Crippen molar-refractivity contribution in [3.8, 4) is 0 Å². The largest absolute Gasteiger partial charge is 0.449 e. The second kappa shape index (κ2) is 6.15. The van der Waals surface area contributed by atoms with Gasteiger partial charge in [-0.2, -0.15) is 13.2 Å². The summed E-state index contributed by atoms with van der Waals surface area (Å²) in [6.07, 6.45) is -4.77. The Hall–Kier alpha value is -2.97. The van der Waals surface area contributed by atoms with Gasteiger partial charge in [0.15, 0.2) is 0 Å². The van der Waals surface area contributed by atoms with Crippen LogP contribution < -0.4 is 5.32 Å². The summed E-state index contributed by atoms with van der Waals surface area (Å²) < 4.78 is 66.8. The Labute approximate surface area is 137 Å². The second-order valence-electron chi connectivity index (χ2n) is 5.18. The van der Waals surface area contributed by atoms with E-state index in [1.165, 1.54) is 24.3 Å². The first kappa shape index (κ1) is 16.9. The molecule has 0 aliphatic heterocycles. The standard InChI is InChI=1S/C16H10F5N3O/c17-9-5-6-10(18)12(7-9)22-14(25)8-24-13-4-2-1-3-11(13)23-15(24)16(19,20)21/h1-7H,8H2,(H,22,25). The Morgan fingerprint density at radius 3 is 2.56 bits per heavy atom. The molecule has 0 unspecified atom stereocenters. The highest BCUT2D eigenvalue weighted by atomic mass is 19.4. The number of anilines is 1. The van der Waals surface area contributed by atoms with Crippen LogP contribution in [0.3, 0.4) is 0 Å². The molecule has 25 heavy (non-hydrogen) atoms. The SMILES string of the molecule is O=C(Cn1c(C(F)(F)F)nc2ccccc21)Nc1cc(F)ccc1F. The van der Waals surface area contributed by atoms with Crippen molar-refractivity contribution in [3.63, 3.8) is 0 Å². The normalized spacial score (nSPS) is 11.7. The first-order valence-corrected chi connectivity index (χ1v) is 7.03. The summed E-state index contributed by atoms with van der Waals surface area (Å²) in [5.41, 5.74) is -0.285. The lowest BCUT2D eigenvalue weighted by molar-refractivity contribution is -0.147. The molecule has 1 N–H and O–H groups in total. The minimum atomic E-state index is -4.77. The molecule has 0 aliphatic rings. The number of benzene rings is 2. The third-order valence-electron chi connectivity index (χ3n) is 3.41. The number of hydrogen-bond acceptors (Lipinski definition) is 2. The molecule has 0 bridgehead atoms. The van der Waals surface area contributed by atoms with Crippen LogP contribution in [0.1, 0.15) is 5.82 Å². The van der Waals surface area contributed by atoms with E-state index in [1.54, 1.807) is 0 Å². The fourth-order valence-corrected chi connectivity index (χ4v) is 2.38. The van der Waals surface area contributed by atoms with Crippen LogP contribution in [0.4, 0.5) is 27.6 Å². The third-order valence-corrected chi connectivity index (χ3v) is 3.41. The van der Waals surface area contributed by atoms with Crippen LogP contribution in [0.15, 0.2) is 42.5 Å². The molecule has 3 aromatic rings. The average molecular weight is 355 g/mol. The zero-order chi connectivity index (χ0) is 18.2. The van der Waals surface area contributed by atoms with E-state index in [0.717, 1.165) is 18.2 Å². The number of nitrogens with zero attached hydrogens (tertiary/aromatic N) is 2. The predicted molar refractivity (Wildman–Crippen MR) is 79.7 cm³/mol. The van der Waals surface area contributed by atoms with E-state index < -0.39 is 41.8 Å². The van der Waals surface area contributed by atoms with Crippen LogP contribution in [-0.4, -0.2) is 15.5 Å². The Morgan fingerprint density at radius 1 is 1.12 bits per heavy atom. The molecule has 0 atom stereocenters. The number of halogens is 5. The Bertz CT molecular complexity index is 949. The molecule has 3 rings (SSSR count). The summed E-state index contributed by atoms with van der Waals surface area (Å²) in [6.45, 7) is -0.759. The Kier molecular flexibility index (Phi) is 4.15. The van der Waals surface area contributed by atoms with Crippen molar-refractivity contribution < 1.29 is 26.7 Å². The Morgan fingerprint density at radius 2 is 1.84 bits per heavy atom. The van der Waals surface area contributed by atoms with Gasteiger partial charge in [0.2, 0.25) is 11.7 Å². The molecule has 0 saturated carbocycles. The molecule has 0 aliphatic carbocycles. The third kappa shape index (κ3) is 3.44. The molecule has 0 radical (unpaired) electrons. The van der Waals surface area contributed by atoms with E-state index in [9.17, 15) is 26.7 Å². The number of hydrogen-bond donors (Lipinski definition) is 1. The molecule has 4 nitrogen and oxygen atoms in total. The van der Waals surface area contributed by atoms with Crippen molar-refractivity contribution in [1.82, 2.24) is 9.55 Å². The number of fused-ring (bicyclic) bond motifs is 1. The van der Waals surface area contributed by atoms with E-state index in [-0.39, 0.29) is 11.0 Å². The topological polar surface area (TPSA) is 46.9 Å². The van der Waals surface area contributed by atoms with Gasteiger partial charge in [-0.3, -0.25) is 4.79 Å². The molecule has 1 amide bonds. The van der Waals surface area contributed by atoms with Gasteiger partial charge in [-0.05, 0) is 24.3 Å². The lowest BCUT2D eigenvalue weighted by Crippen LogP contribution is -2.23. The van der Waals surface area contributed by atoms with Gasteiger partial charge in [0, 0.05) is 6.07 Å². The number of para-hydroxylation sites is 2. The molecule has 1 heterocycles. The fraction of sp³-hybridized carbons (Fsp3) is 0.125. The fourth-order valence-electron chi connectivity index (χ4n) is 2.38. The van der Waals surface area contributed by atoms with Crippen molar-refractivity contribution in [2.75, 3.05) is 5.32 Å². The summed E-state index contributed by atoms with van der Waals surface area (Å²) in [6, 6.07) is 8.18. The van der Waals surface area contributed by atoms with Crippen molar-refractivity contribution in [2.24, 2.45) is 0 Å². The number of carbonyl (C=O) groups is 1. The van der Waals surface area contributed by atoms with Crippen LogP contribution in [-0.2, 0) is 17.5 Å². The van der Waals surface area contributed by atoms with Crippen LogP contribution in [0.5, 0.6) is 0 Å². The van der Waals surface area contributed by atoms with Crippen molar-refractivity contribution in [1.29, 1.82) is 0 Å². The molecule has 9 heteroatoms. The molecular formula is C16H10F5N3O. The van der Waals surface area contributed by atoms with Gasteiger partial charge in [0.05, 0.1) is 16.7 Å². The molecule has 0 fully saturated rings. The summed E-state index contributed by atoms with van der Waals surface area (Å²) >= 11 is 0. The van der Waals surface area contributed by atoms with Gasteiger partial charge in [0.25, 0.3) is 0 Å². The van der Waals surface area contributed by atoms with E-state index in [4.69, 9.17) is 0 Å². The van der Waals surface area contributed by atoms with E-state index >= 15 is 0 Å². The molecule has 0 saturated heterocycles. The number of amides is 1. The van der Waals surface area contributed by atoms with E-state index in [0.29, 0.717) is 4.57 Å². The smallest absolute Gasteiger partial charge is 0.322 e. The van der Waals surface area contributed by atoms with Crippen LogP contribution >= 0.6 is 0 Å². The number of carbonyl (C=O) groups excluding carboxylic acids is 1.